The zero-order valence-corrected chi connectivity index (χ0v) is 22.3. The van der Waals surface area contributed by atoms with Crippen LogP contribution >= 0.6 is 0 Å². The molecule has 0 radical (unpaired) electrons. The lowest BCUT2D eigenvalue weighted by Crippen LogP contribution is -2.45. The van der Waals surface area contributed by atoms with Crippen LogP contribution < -0.4 is 0 Å². The summed E-state index contributed by atoms with van der Waals surface area (Å²) in [5, 5.41) is 9.54. The highest BCUT2D eigenvalue weighted by Crippen LogP contribution is 2.13. The molecular formula is C29H55NO3. The molecule has 0 fully saturated rings. The van der Waals surface area contributed by atoms with Gasteiger partial charge in [-0.15, -0.1) is 0 Å². The van der Waals surface area contributed by atoms with Gasteiger partial charge in [-0.25, -0.2) is 0 Å². The Labute approximate surface area is 205 Å². The van der Waals surface area contributed by atoms with Crippen molar-refractivity contribution in [2.75, 3.05) is 13.6 Å². The molecule has 33 heavy (non-hydrogen) atoms. The van der Waals surface area contributed by atoms with Gasteiger partial charge < -0.3 is 5.11 Å². The Morgan fingerprint density at radius 3 is 1.58 bits per heavy atom. The first-order chi connectivity index (χ1) is 16.0. The Hall–Kier alpha value is -1.16. The maximum Gasteiger partial charge on any atom is 0.328 e. The van der Waals surface area contributed by atoms with E-state index >= 15 is 0 Å². The van der Waals surface area contributed by atoms with E-state index in [9.17, 15) is 14.7 Å². The summed E-state index contributed by atoms with van der Waals surface area (Å²) in [6.45, 7) is 5.14. The minimum atomic E-state index is -0.999. The number of ketones is 1. The molecule has 0 aromatic heterocycles. The van der Waals surface area contributed by atoms with E-state index < -0.39 is 12.0 Å². The predicted molar refractivity (Wildman–Crippen MR) is 142 cm³/mol. The summed E-state index contributed by atoms with van der Waals surface area (Å²) in [7, 11) is 1.78. The van der Waals surface area contributed by atoms with Crippen LogP contribution in [0.4, 0.5) is 0 Å². The van der Waals surface area contributed by atoms with Crippen LogP contribution in [0.25, 0.3) is 0 Å². The standard InChI is InChI=1S/C29H55NO3/c1-4-6-8-10-12-13-14-15-16-17-18-19-20-21-23-25-27(31)28(29(32)33)30(3)26-24-22-11-9-7-5-2/h15-16,28H,4-14,17-26H2,1-3H3,(H,32,33)/b16-15-. The molecule has 4 nitrogen and oxygen atoms in total. The van der Waals surface area contributed by atoms with Gasteiger partial charge in [-0.1, -0.05) is 109 Å². The summed E-state index contributed by atoms with van der Waals surface area (Å²) in [5.41, 5.74) is 0. The highest BCUT2D eigenvalue weighted by Gasteiger charge is 2.29. The third kappa shape index (κ3) is 20.0. The smallest absolute Gasteiger partial charge is 0.328 e. The van der Waals surface area contributed by atoms with Crippen LogP contribution in [0.1, 0.15) is 142 Å². The zero-order valence-electron chi connectivity index (χ0n) is 22.3. The number of aliphatic carboxylic acids is 1. The molecule has 0 heterocycles. The molecule has 0 aromatic rings. The number of nitrogens with zero attached hydrogens (tertiary/aromatic N) is 1. The van der Waals surface area contributed by atoms with Crippen LogP contribution in [0.3, 0.4) is 0 Å². The number of likely N-dealkylation sites (N-methyl/N-ethyl adjacent to an activating group) is 1. The molecule has 4 heteroatoms. The van der Waals surface area contributed by atoms with E-state index in [1.807, 2.05) is 0 Å². The Bertz CT molecular complexity index is 489. The first-order valence-electron chi connectivity index (χ1n) is 14.1. The molecule has 1 N–H and O–H groups in total. The number of unbranched alkanes of at least 4 members (excludes halogenated alkanes) is 16. The Morgan fingerprint density at radius 1 is 0.667 bits per heavy atom. The van der Waals surface area contributed by atoms with Crippen LogP contribution in [0.15, 0.2) is 12.2 Å². The van der Waals surface area contributed by atoms with E-state index in [1.54, 1.807) is 11.9 Å². The fourth-order valence-electron chi connectivity index (χ4n) is 4.35. The van der Waals surface area contributed by atoms with Crippen molar-refractivity contribution in [3.05, 3.63) is 12.2 Å². The summed E-state index contributed by atoms with van der Waals surface area (Å²) < 4.78 is 0. The first kappa shape index (κ1) is 31.8. The summed E-state index contributed by atoms with van der Waals surface area (Å²) in [4.78, 5) is 25.9. The largest absolute Gasteiger partial charge is 0.480 e. The quantitative estimate of drug-likeness (QED) is 0.0836. The number of hydrogen-bond acceptors (Lipinski definition) is 3. The van der Waals surface area contributed by atoms with E-state index in [1.165, 1.54) is 83.5 Å². The van der Waals surface area contributed by atoms with E-state index in [4.69, 9.17) is 0 Å². The number of Topliss-reactive ketones (excluding diaryl/α,β-unsaturated/α-hetero) is 1. The molecule has 0 spiro atoms. The molecule has 0 rings (SSSR count). The minimum absolute atomic E-state index is 0.131. The summed E-state index contributed by atoms with van der Waals surface area (Å²) in [6.07, 6.45) is 27.9. The van der Waals surface area contributed by atoms with Crippen molar-refractivity contribution in [3.8, 4) is 0 Å². The van der Waals surface area contributed by atoms with Gasteiger partial charge >= 0.3 is 5.97 Å². The fraction of sp³-hybridized carbons (Fsp3) is 0.862. The number of carbonyl (C=O) groups is 2. The maximum atomic E-state index is 12.5. The van der Waals surface area contributed by atoms with Crippen molar-refractivity contribution in [1.29, 1.82) is 0 Å². The monoisotopic (exact) mass is 465 g/mol. The number of rotatable bonds is 25. The van der Waals surface area contributed by atoms with Crippen molar-refractivity contribution in [2.45, 2.75) is 148 Å². The average molecular weight is 466 g/mol. The Balaban J connectivity index is 3.76. The van der Waals surface area contributed by atoms with Gasteiger partial charge in [0, 0.05) is 6.42 Å². The highest BCUT2D eigenvalue weighted by atomic mass is 16.4. The molecule has 1 unspecified atom stereocenters. The Morgan fingerprint density at radius 2 is 1.09 bits per heavy atom. The number of hydrogen-bond donors (Lipinski definition) is 1. The van der Waals surface area contributed by atoms with Crippen molar-refractivity contribution in [3.63, 3.8) is 0 Å². The number of allylic oxidation sites excluding steroid dienone is 2. The van der Waals surface area contributed by atoms with Gasteiger partial charge in [-0.3, -0.25) is 14.5 Å². The molecule has 0 aliphatic carbocycles. The third-order valence-corrected chi connectivity index (χ3v) is 6.53. The highest BCUT2D eigenvalue weighted by molar-refractivity contribution is 6.02. The first-order valence-corrected chi connectivity index (χ1v) is 14.1. The second-order valence-corrected chi connectivity index (χ2v) is 9.79. The van der Waals surface area contributed by atoms with Crippen LogP contribution in [-0.4, -0.2) is 41.4 Å². The lowest BCUT2D eigenvalue weighted by atomic mass is 10.0. The van der Waals surface area contributed by atoms with E-state index in [-0.39, 0.29) is 5.78 Å². The van der Waals surface area contributed by atoms with Gasteiger partial charge in [0.1, 0.15) is 0 Å². The third-order valence-electron chi connectivity index (χ3n) is 6.53. The minimum Gasteiger partial charge on any atom is -0.480 e. The second kappa shape index (κ2) is 24.0. The zero-order chi connectivity index (χ0) is 24.6. The molecule has 0 amide bonds. The molecule has 0 aliphatic rings. The van der Waals surface area contributed by atoms with Crippen LogP contribution in [0, 0.1) is 0 Å². The van der Waals surface area contributed by atoms with Gasteiger partial charge in [-0.2, -0.15) is 0 Å². The number of carbonyl (C=O) groups excluding carboxylic acids is 1. The molecule has 0 aromatic carbocycles. The molecule has 0 saturated carbocycles. The average Bonchev–Trinajstić information content (AvgIpc) is 2.78. The van der Waals surface area contributed by atoms with Crippen molar-refractivity contribution in [2.24, 2.45) is 0 Å². The van der Waals surface area contributed by atoms with Gasteiger partial charge in [0.2, 0.25) is 0 Å². The molecule has 0 bridgehead atoms. The van der Waals surface area contributed by atoms with Gasteiger partial charge in [-0.05, 0) is 52.1 Å². The lowest BCUT2D eigenvalue weighted by Gasteiger charge is -2.23. The van der Waals surface area contributed by atoms with E-state index in [2.05, 4.69) is 26.0 Å². The molecule has 194 valence electrons. The SMILES string of the molecule is CCCCCCCC/C=C\CCCCCCCC(=O)C(C(=O)O)N(C)CCCCCCCC. The van der Waals surface area contributed by atoms with Crippen molar-refractivity contribution in [1.82, 2.24) is 4.90 Å². The van der Waals surface area contributed by atoms with E-state index in [0.29, 0.717) is 13.0 Å². The maximum absolute atomic E-state index is 12.5. The van der Waals surface area contributed by atoms with Crippen LogP contribution in [-0.2, 0) is 9.59 Å². The summed E-state index contributed by atoms with van der Waals surface area (Å²) >= 11 is 0. The fourth-order valence-corrected chi connectivity index (χ4v) is 4.35. The summed E-state index contributed by atoms with van der Waals surface area (Å²) in [5.74, 6) is -1.13. The van der Waals surface area contributed by atoms with Crippen molar-refractivity contribution >= 4 is 11.8 Å². The lowest BCUT2D eigenvalue weighted by molar-refractivity contribution is -0.147. The van der Waals surface area contributed by atoms with Crippen LogP contribution in [0.5, 0.6) is 0 Å². The molecule has 1 atom stereocenters. The number of carboxylic acid groups (broad SMARTS) is 1. The molecule has 0 aliphatic heterocycles. The van der Waals surface area contributed by atoms with Crippen molar-refractivity contribution < 1.29 is 14.7 Å². The van der Waals surface area contributed by atoms with Gasteiger partial charge in [0.15, 0.2) is 11.8 Å². The molecule has 0 saturated heterocycles. The normalized spacial score (nSPS) is 12.6. The molecular weight excluding hydrogens is 410 g/mol. The van der Waals surface area contributed by atoms with Crippen LogP contribution in [0.2, 0.25) is 0 Å². The Kier molecular flexibility index (Phi) is 23.1. The number of carboxylic acids is 1. The van der Waals surface area contributed by atoms with Gasteiger partial charge in [0.05, 0.1) is 0 Å². The summed E-state index contributed by atoms with van der Waals surface area (Å²) in [6, 6.07) is -0.975. The van der Waals surface area contributed by atoms with E-state index in [0.717, 1.165) is 38.5 Å². The predicted octanol–water partition coefficient (Wildman–Crippen LogP) is 8.34. The topological polar surface area (TPSA) is 57.6 Å². The second-order valence-electron chi connectivity index (χ2n) is 9.79. The van der Waals surface area contributed by atoms with Gasteiger partial charge in [0.25, 0.3) is 0 Å².